The third-order valence-electron chi connectivity index (χ3n) is 5.94. The number of aromatic hydroxyl groups is 1. The van der Waals surface area contributed by atoms with Gasteiger partial charge in [0.25, 0.3) is 0 Å². The molecule has 0 saturated carbocycles. The Labute approximate surface area is 199 Å². The Morgan fingerprint density at radius 1 is 1.06 bits per heavy atom. The fourth-order valence-corrected chi connectivity index (χ4v) is 4.36. The summed E-state index contributed by atoms with van der Waals surface area (Å²) in [7, 11) is 1.92. The maximum Gasteiger partial charge on any atom is 0.245 e. The van der Waals surface area contributed by atoms with Gasteiger partial charge in [-0.3, -0.25) is 4.68 Å². The third-order valence-corrected chi connectivity index (χ3v) is 5.94. The van der Waals surface area contributed by atoms with Gasteiger partial charge in [0, 0.05) is 43.2 Å². The van der Waals surface area contributed by atoms with Gasteiger partial charge in [-0.15, -0.1) is 22.6 Å². The molecule has 1 atom stereocenters. The summed E-state index contributed by atoms with van der Waals surface area (Å²) >= 11 is 0. The molecule has 1 aliphatic heterocycles. The van der Waals surface area contributed by atoms with E-state index in [9.17, 15) is 5.11 Å². The molecule has 2 aromatic heterocycles. The summed E-state index contributed by atoms with van der Waals surface area (Å²) in [5.74, 6) is 0.780. The standard InChI is InChI=1S/C24H27N7O.ClH/c1-15(2)27-19-8-9-31(14-19)24-25-13-21(28-29-24)20-6-4-17(11-23(20)32)16-5-7-22-18(10-16)12-26-30(22)3;/h4-7,10-13,15,19,27,32H,8-9,14H2,1-3H3;1H. The van der Waals surface area contributed by atoms with Crippen LogP contribution in [0.4, 0.5) is 5.95 Å². The number of hydrogen-bond donors (Lipinski definition) is 2. The van der Waals surface area contributed by atoms with Crippen molar-refractivity contribution in [2.75, 3.05) is 18.0 Å². The predicted octanol–water partition coefficient (Wildman–Crippen LogP) is 3.80. The van der Waals surface area contributed by atoms with Gasteiger partial charge >= 0.3 is 0 Å². The molecule has 1 fully saturated rings. The van der Waals surface area contributed by atoms with Gasteiger partial charge in [0.15, 0.2) is 0 Å². The Hall–Kier alpha value is -3.23. The minimum absolute atomic E-state index is 0. The predicted molar refractivity (Wildman–Crippen MR) is 133 cm³/mol. The van der Waals surface area contributed by atoms with Gasteiger partial charge in [-0.05, 0) is 41.8 Å². The molecule has 5 rings (SSSR count). The van der Waals surface area contributed by atoms with Crippen molar-refractivity contribution in [3.63, 3.8) is 0 Å². The van der Waals surface area contributed by atoms with Crippen LogP contribution in [0.3, 0.4) is 0 Å². The fraction of sp³-hybridized carbons (Fsp3) is 0.333. The number of rotatable bonds is 5. The molecule has 0 radical (unpaired) electrons. The molecule has 1 unspecified atom stereocenters. The normalized spacial score (nSPS) is 15.9. The van der Waals surface area contributed by atoms with Crippen LogP contribution in [0.1, 0.15) is 20.3 Å². The molecular weight excluding hydrogens is 438 g/mol. The summed E-state index contributed by atoms with van der Waals surface area (Å²) < 4.78 is 1.85. The highest BCUT2D eigenvalue weighted by molar-refractivity contribution is 5.86. The van der Waals surface area contributed by atoms with Crippen LogP contribution >= 0.6 is 12.4 Å². The number of phenolic OH excluding ortho intramolecular Hbond substituents is 1. The maximum absolute atomic E-state index is 10.7. The topological polar surface area (TPSA) is 92.0 Å². The second kappa shape index (κ2) is 9.33. The Morgan fingerprint density at radius 3 is 2.58 bits per heavy atom. The van der Waals surface area contributed by atoms with Crippen molar-refractivity contribution in [1.29, 1.82) is 0 Å². The first-order chi connectivity index (χ1) is 15.5. The molecule has 0 amide bonds. The summed E-state index contributed by atoms with van der Waals surface area (Å²) in [6, 6.07) is 12.6. The third kappa shape index (κ3) is 4.62. The van der Waals surface area contributed by atoms with E-state index in [0.29, 0.717) is 29.3 Å². The molecule has 33 heavy (non-hydrogen) atoms. The second-order valence-corrected chi connectivity index (χ2v) is 8.67. The lowest BCUT2D eigenvalue weighted by atomic mass is 10.0. The zero-order chi connectivity index (χ0) is 22.2. The lowest BCUT2D eigenvalue weighted by Crippen LogP contribution is -2.37. The van der Waals surface area contributed by atoms with Gasteiger partial charge in [0.05, 0.1) is 17.9 Å². The molecule has 8 nitrogen and oxygen atoms in total. The van der Waals surface area contributed by atoms with Gasteiger partial charge < -0.3 is 15.3 Å². The zero-order valence-corrected chi connectivity index (χ0v) is 19.8. The van der Waals surface area contributed by atoms with E-state index in [1.165, 1.54) is 0 Å². The molecular formula is C24H28ClN7O. The molecule has 0 bridgehead atoms. The van der Waals surface area contributed by atoms with Gasteiger partial charge in [-0.25, -0.2) is 4.98 Å². The molecule has 172 valence electrons. The number of nitrogens with one attached hydrogen (secondary N) is 1. The van der Waals surface area contributed by atoms with Gasteiger partial charge in [0.2, 0.25) is 5.95 Å². The van der Waals surface area contributed by atoms with Gasteiger partial charge in [-0.1, -0.05) is 26.0 Å². The van der Waals surface area contributed by atoms with Crippen LogP contribution < -0.4 is 10.2 Å². The summed E-state index contributed by atoms with van der Waals surface area (Å²) in [5, 5.41) is 28.3. The Kier molecular flexibility index (Phi) is 6.49. The largest absolute Gasteiger partial charge is 0.507 e. The van der Waals surface area contributed by atoms with Crippen LogP contribution in [-0.2, 0) is 7.05 Å². The van der Waals surface area contributed by atoms with Crippen LogP contribution in [-0.4, -0.2) is 55.2 Å². The minimum atomic E-state index is 0. The average Bonchev–Trinajstić information content (AvgIpc) is 3.40. The van der Waals surface area contributed by atoms with Crippen LogP contribution in [0.5, 0.6) is 5.75 Å². The van der Waals surface area contributed by atoms with Crippen molar-refractivity contribution in [2.24, 2.45) is 7.05 Å². The van der Waals surface area contributed by atoms with Crippen molar-refractivity contribution in [2.45, 2.75) is 32.4 Å². The smallest absolute Gasteiger partial charge is 0.245 e. The van der Waals surface area contributed by atoms with Crippen molar-refractivity contribution < 1.29 is 5.11 Å². The lowest BCUT2D eigenvalue weighted by Gasteiger charge is -2.18. The molecule has 1 saturated heterocycles. The van der Waals surface area contributed by atoms with E-state index in [0.717, 1.165) is 41.5 Å². The number of aromatic nitrogens is 5. The molecule has 2 aromatic carbocycles. The number of nitrogens with zero attached hydrogens (tertiary/aromatic N) is 6. The van der Waals surface area contributed by atoms with Crippen molar-refractivity contribution in [1.82, 2.24) is 30.3 Å². The second-order valence-electron chi connectivity index (χ2n) is 8.67. The highest BCUT2D eigenvalue weighted by Gasteiger charge is 2.25. The van der Waals surface area contributed by atoms with Crippen LogP contribution in [0.15, 0.2) is 48.8 Å². The van der Waals surface area contributed by atoms with E-state index in [1.807, 2.05) is 42.2 Å². The average molecular weight is 466 g/mol. The number of fused-ring (bicyclic) bond motifs is 1. The van der Waals surface area contributed by atoms with Crippen molar-refractivity contribution >= 4 is 29.3 Å². The quantitative estimate of drug-likeness (QED) is 0.463. The summed E-state index contributed by atoms with van der Waals surface area (Å²) in [4.78, 5) is 6.66. The van der Waals surface area contributed by atoms with Crippen molar-refractivity contribution in [3.05, 3.63) is 48.8 Å². The number of benzene rings is 2. The van der Waals surface area contributed by atoms with E-state index in [4.69, 9.17) is 0 Å². The maximum atomic E-state index is 10.7. The minimum Gasteiger partial charge on any atom is -0.507 e. The lowest BCUT2D eigenvalue weighted by molar-refractivity contribution is 0.477. The van der Waals surface area contributed by atoms with Crippen LogP contribution in [0.25, 0.3) is 33.3 Å². The molecule has 3 heterocycles. The summed E-state index contributed by atoms with van der Waals surface area (Å²) in [6.45, 7) is 6.10. The Bertz CT molecular complexity index is 1260. The number of aryl methyl sites for hydroxylation is 1. The first kappa shape index (κ1) is 22.9. The highest BCUT2D eigenvalue weighted by Crippen LogP contribution is 2.33. The summed E-state index contributed by atoms with van der Waals surface area (Å²) in [5.41, 5.74) is 4.18. The first-order valence-electron chi connectivity index (χ1n) is 10.9. The molecule has 2 N–H and O–H groups in total. The Morgan fingerprint density at radius 2 is 1.85 bits per heavy atom. The van der Waals surface area contributed by atoms with E-state index < -0.39 is 0 Å². The zero-order valence-electron chi connectivity index (χ0n) is 18.9. The van der Waals surface area contributed by atoms with Crippen LogP contribution in [0, 0.1) is 0 Å². The number of halogens is 1. The van der Waals surface area contributed by atoms with Crippen LogP contribution in [0.2, 0.25) is 0 Å². The SMILES string of the molecule is CC(C)NC1CCN(c2ncc(-c3ccc(-c4ccc5c(cnn5C)c4)cc3O)nn2)C1.Cl. The number of anilines is 1. The molecule has 9 heteroatoms. The van der Waals surface area contributed by atoms with E-state index in [2.05, 4.69) is 50.4 Å². The van der Waals surface area contributed by atoms with E-state index in [1.54, 1.807) is 12.3 Å². The molecule has 0 spiro atoms. The highest BCUT2D eigenvalue weighted by atomic mass is 35.5. The molecule has 0 aliphatic carbocycles. The van der Waals surface area contributed by atoms with Gasteiger partial charge in [0.1, 0.15) is 11.4 Å². The van der Waals surface area contributed by atoms with Crippen molar-refractivity contribution in [3.8, 4) is 28.1 Å². The van der Waals surface area contributed by atoms with E-state index in [-0.39, 0.29) is 18.2 Å². The first-order valence-corrected chi connectivity index (χ1v) is 10.9. The van der Waals surface area contributed by atoms with E-state index >= 15 is 0 Å². The van der Waals surface area contributed by atoms with Gasteiger partial charge in [-0.2, -0.15) is 5.10 Å². The number of hydrogen-bond acceptors (Lipinski definition) is 7. The number of phenols is 1. The molecule has 1 aliphatic rings. The summed E-state index contributed by atoms with van der Waals surface area (Å²) in [6.07, 6.45) is 4.59. The fourth-order valence-electron chi connectivity index (χ4n) is 4.36. The molecule has 4 aromatic rings. The monoisotopic (exact) mass is 465 g/mol. The Balaban J connectivity index is 0.00000259.